The van der Waals surface area contributed by atoms with E-state index in [1.807, 2.05) is 19.1 Å². The van der Waals surface area contributed by atoms with Crippen LogP contribution in [0.15, 0.2) is 56.5 Å². The molecule has 0 atom stereocenters. The summed E-state index contributed by atoms with van der Waals surface area (Å²) in [6.07, 6.45) is 1.46. The standard InChI is InChI=1S/C20H18BrN3O5/c1-2-27-17-7-12(3-5-16(17)28-11-19(22)25)10-23-24-20(26)18-9-13-8-14(21)4-6-15(13)29-18/h3-10H,2,11H2,1H3,(H2,22,25)(H,24,26). The fourth-order valence-electron chi connectivity index (χ4n) is 2.49. The molecular formula is C20H18BrN3O5. The Labute approximate surface area is 174 Å². The molecule has 0 bridgehead atoms. The zero-order valence-corrected chi connectivity index (χ0v) is 17.1. The van der Waals surface area contributed by atoms with Gasteiger partial charge in [-0.2, -0.15) is 5.10 Å². The second kappa shape index (κ2) is 9.24. The lowest BCUT2D eigenvalue weighted by Gasteiger charge is -2.11. The number of hydrazone groups is 1. The molecule has 2 aromatic carbocycles. The zero-order chi connectivity index (χ0) is 20.8. The lowest BCUT2D eigenvalue weighted by molar-refractivity contribution is -0.119. The minimum absolute atomic E-state index is 0.153. The highest BCUT2D eigenvalue weighted by atomic mass is 79.9. The summed E-state index contributed by atoms with van der Waals surface area (Å²) in [5, 5.41) is 4.75. The molecule has 1 aromatic heterocycles. The van der Waals surface area contributed by atoms with Crippen molar-refractivity contribution in [3.8, 4) is 11.5 Å². The topological polar surface area (TPSA) is 116 Å². The van der Waals surface area contributed by atoms with Gasteiger partial charge in [0.1, 0.15) is 5.58 Å². The van der Waals surface area contributed by atoms with Crippen molar-refractivity contribution in [3.05, 3.63) is 58.3 Å². The maximum atomic E-state index is 12.2. The Morgan fingerprint density at radius 1 is 1.17 bits per heavy atom. The van der Waals surface area contributed by atoms with Crippen LogP contribution in [0.4, 0.5) is 0 Å². The quantitative estimate of drug-likeness (QED) is 0.396. The van der Waals surface area contributed by atoms with Gasteiger partial charge in [-0.3, -0.25) is 9.59 Å². The molecule has 150 valence electrons. The number of rotatable bonds is 8. The average molecular weight is 460 g/mol. The number of nitrogens with two attached hydrogens (primary N) is 1. The number of fused-ring (bicyclic) bond motifs is 1. The molecule has 0 saturated heterocycles. The van der Waals surface area contributed by atoms with Crippen molar-refractivity contribution < 1.29 is 23.5 Å². The highest BCUT2D eigenvalue weighted by Crippen LogP contribution is 2.28. The van der Waals surface area contributed by atoms with Gasteiger partial charge in [0.15, 0.2) is 23.9 Å². The van der Waals surface area contributed by atoms with E-state index in [0.29, 0.717) is 29.3 Å². The Kier molecular flexibility index (Phi) is 6.50. The molecule has 29 heavy (non-hydrogen) atoms. The second-order valence-corrected chi connectivity index (χ2v) is 6.80. The van der Waals surface area contributed by atoms with E-state index in [1.165, 1.54) is 6.21 Å². The van der Waals surface area contributed by atoms with Crippen molar-refractivity contribution in [1.29, 1.82) is 0 Å². The van der Waals surface area contributed by atoms with Gasteiger partial charge in [-0.15, -0.1) is 0 Å². The maximum absolute atomic E-state index is 12.2. The number of hydrogen-bond acceptors (Lipinski definition) is 6. The summed E-state index contributed by atoms with van der Waals surface area (Å²) in [5.74, 6) is -0.0774. The zero-order valence-electron chi connectivity index (χ0n) is 15.5. The molecule has 3 N–H and O–H groups in total. The number of carbonyl (C=O) groups is 2. The van der Waals surface area contributed by atoms with Gasteiger partial charge in [-0.25, -0.2) is 5.43 Å². The van der Waals surface area contributed by atoms with Crippen molar-refractivity contribution in [1.82, 2.24) is 5.43 Å². The summed E-state index contributed by atoms with van der Waals surface area (Å²) in [7, 11) is 0. The van der Waals surface area contributed by atoms with E-state index < -0.39 is 11.8 Å². The Hall–Kier alpha value is -3.33. The lowest BCUT2D eigenvalue weighted by Crippen LogP contribution is -2.20. The van der Waals surface area contributed by atoms with Gasteiger partial charge in [0, 0.05) is 9.86 Å². The van der Waals surface area contributed by atoms with Crippen molar-refractivity contribution in [3.63, 3.8) is 0 Å². The van der Waals surface area contributed by atoms with Crippen LogP contribution in [0, 0.1) is 0 Å². The van der Waals surface area contributed by atoms with Gasteiger partial charge in [0.2, 0.25) is 0 Å². The molecule has 3 aromatic rings. The molecule has 3 rings (SSSR count). The number of ether oxygens (including phenoxy) is 2. The van der Waals surface area contributed by atoms with Gasteiger partial charge in [-0.05, 0) is 55.0 Å². The van der Waals surface area contributed by atoms with Crippen LogP contribution in [0.3, 0.4) is 0 Å². The number of primary amides is 1. The Bertz CT molecular complexity index is 1080. The number of nitrogens with zero attached hydrogens (tertiary/aromatic N) is 1. The van der Waals surface area contributed by atoms with Crippen LogP contribution < -0.4 is 20.6 Å². The van der Waals surface area contributed by atoms with E-state index in [9.17, 15) is 9.59 Å². The smallest absolute Gasteiger partial charge is 0.307 e. The van der Waals surface area contributed by atoms with Crippen LogP contribution in [0.5, 0.6) is 11.5 Å². The number of benzene rings is 2. The molecule has 1 heterocycles. The number of hydrogen-bond donors (Lipinski definition) is 2. The first kappa shape index (κ1) is 20.4. The predicted octanol–water partition coefficient (Wildman–Crippen LogP) is 3.22. The number of furan rings is 1. The number of nitrogens with one attached hydrogen (secondary N) is 1. The first-order valence-electron chi connectivity index (χ1n) is 8.66. The van der Waals surface area contributed by atoms with Crippen LogP contribution in [0.1, 0.15) is 23.0 Å². The van der Waals surface area contributed by atoms with Gasteiger partial charge in [0.25, 0.3) is 5.91 Å². The van der Waals surface area contributed by atoms with Crippen molar-refractivity contribution in [2.75, 3.05) is 13.2 Å². The monoisotopic (exact) mass is 459 g/mol. The largest absolute Gasteiger partial charge is 0.490 e. The summed E-state index contributed by atoms with van der Waals surface area (Å²) in [5.41, 5.74) is 8.78. The van der Waals surface area contributed by atoms with Crippen LogP contribution >= 0.6 is 15.9 Å². The van der Waals surface area contributed by atoms with Crippen LogP contribution in [-0.2, 0) is 4.79 Å². The molecule has 8 nitrogen and oxygen atoms in total. The molecule has 0 aliphatic heterocycles. The van der Waals surface area contributed by atoms with Gasteiger partial charge in [0.05, 0.1) is 12.8 Å². The molecule has 0 radical (unpaired) electrons. The van der Waals surface area contributed by atoms with Crippen molar-refractivity contribution in [2.45, 2.75) is 6.92 Å². The highest BCUT2D eigenvalue weighted by molar-refractivity contribution is 9.10. The summed E-state index contributed by atoms with van der Waals surface area (Å²) in [6, 6.07) is 12.1. The van der Waals surface area contributed by atoms with Crippen LogP contribution in [0.2, 0.25) is 0 Å². The SMILES string of the molecule is CCOc1cc(C=NNC(=O)c2cc3cc(Br)ccc3o2)ccc1OCC(N)=O. The second-order valence-electron chi connectivity index (χ2n) is 5.89. The van der Waals surface area contributed by atoms with E-state index in [2.05, 4.69) is 26.5 Å². The molecule has 0 spiro atoms. The predicted molar refractivity (Wildman–Crippen MR) is 111 cm³/mol. The fraction of sp³-hybridized carbons (Fsp3) is 0.150. The summed E-state index contributed by atoms with van der Waals surface area (Å²) in [4.78, 5) is 23.1. The third-order valence-corrected chi connectivity index (χ3v) is 4.21. The number of carbonyl (C=O) groups excluding carboxylic acids is 2. The molecule has 0 unspecified atom stereocenters. The number of amides is 2. The van der Waals surface area contributed by atoms with E-state index in [1.54, 1.807) is 30.3 Å². The van der Waals surface area contributed by atoms with Crippen molar-refractivity contribution >= 4 is 44.9 Å². The van der Waals surface area contributed by atoms with E-state index in [-0.39, 0.29) is 12.4 Å². The fourth-order valence-corrected chi connectivity index (χ4v) is 2.87. The third kappa shape index (κ3) is 5.35. The molecule has 0 aliphatic rings. The average Bonchev–Trinajstić information content (AvgIpc) is 3.10. The highest BCUT2D eigenvalue weighted by Gasteiger charge is 2.12. The Balaban J connectivity index is 1.68. The van der Waals surface area contributed by atoms with Crippen LogP contribution in [0.25, 0.3) is 11.0 Å². The van der Waals surface area contributed by atoms with Crippen LogP contribution in [-0.4, -0.2) is 31.2 Å². The Morgan fingerprint density at radius 2 is 2.00 bits per heavy atom. The van der Waals surface area contributed by atoms with E-state index >= 15 is 0 Å². The van der Waals surface area contributed by atoms with Gasteiger partial charge < -0.3 is 19.6 Å². The minimum atomic E-state index is -0.584. The molecule has 0 aliphatic carbocycles. The maximum Gasteiger partial charge on any atom is 0.307 e. The molecule has 0 saturated carbocycles. The molecule has 9 heteroatoms. The summed E-state index contributed by atoms with van der Waals surface area (Å²) >= 11 is 3.38. The Morgan fingerprint density at radius 3 is 2.76 bits per heavy atom. The van der Waals surface area contributed by atoms with Gasteiger partial charge >= 0.3 is 5.91 Å². The van der Waals surface area contributed by atoms with E-state index in [0.717, 1.165) is 9.86 Å². The minimum Gasteiger partial charge on any atom is -0.490 e. The van der Waals surface area contributed by atoms with E-state index in [4.69, 9.17) is 19.6 Å². The molecular weight excluding hydrogens is 442 g/mol. The number of halogens is 1. The lowest BCUT2D eigenvalue weighted by atomic mass is 10.2. The molecule has 0 fully saturated rings. The van der Waals surface area contributed by atoms with Crippen molar-refractivity contribution in [2.24, 2.45) is 10.8 Å². The first-order valence-corrected chi connectivity index (χ1v) is 9.46. The first-order chi connectivity index (χ1) is 14.0. The summed E-state index contributed by atoms with van der Waals surface area (Å²) in [6.45, 7) is 1.98. The molecule has 2 amide bonds. The third-order valence-electron chi connectivity index (χ3n) is 3.72. The normalized spacial score (nSPS) is 11.0. The summed E-state index contributed by atoms with van der Waals surface area (Å²) < 4.78 is 17.2. The van der Waals surface area contributed by atoms with Gasteiger partial charge in [-0.1, -0.05) is 15.9 Å².